The molecule has 0 saturated carbocycles. The van der Waals surface area contributed by atoms with Gasteiger partial charge in [-0.05, 0) is 26.0 Å². The molecule has 7 heteroatoms. The Kier molecular flexibility index (Phi) is 3.31. The quantitative estimate of drug-likeness (QED) is 0.839. The van der Waals surface area contributed by atoms with E-state index in [1.165, 1.54) is 18.6 Å². The fourth-order valence-electron chi connectivity index (χ4n) is 1.40. The number of nitrogens with zero attached hydrogens (tertiary/aromatic N) is 4. The normalized spacial score (nSPS) is 10.7. The lowest BCUT2D eigenvalue weighted by atomic mass is 10.3. The van der Waals surface area contributed by atoms with E-state index in [-0.39, 0.29) is 11.6 Å². The number of amides is 1. The Morgan fingerprint density at radius 3 is 2.78 bits per heavy atom. The Morgan fingerprint density at radius 2 is 2.17 bits per heavy atom. The molecule has 2 aromatic rings. The number of carbonyl (C=O) groups is 1. The monoisotopic (exact) mass is 249 g/mol. The third kappa shape index (κ3) is 2.50. The van der Waals surface area contributed by atoms with E-state index in [0.717, 1.165) is 6.07 Å². The Morgan fingerprint density at radius 1 is 1.39 bits per heavy atom. The zero-order chi connectivity index (χ0) is 13.1. The third-order valence-electron chi connectivity index (χ3n) is 2.28. The number of rotatable bonds is 3. The standard InChI is InChI=1S/C11H12FN5O/c1-7(2)17-11(14-6-15-17)16-10(18)8-3-4-9(12)13-5-8/h3-7H,1-2H3,(H,14,15,16,18). The van der Waals surface area contributed by atoms with E-state index in [1.54, 1.807) is 4.68 Å². The number of nitrogens with one attached hydrogen (secondary N) is 1. The third-order valence-corrected chi connectivity index (χ3v) is 2.28. The van der Waals surface area contributed by atoms with E-state index in [1.807, 2.05) is 13.8 Å². The highest BCUT2D eigenvalue weighted by molar-refractivity contribution is 6.03. The summed E-state index contributed by atoms with van der Waals surface area (Å²) in [5.74, 6) is -0.686. The zero-order valence-electron chi connectivity index (χ0n) is 9.96. The van der Waals surface area contributed by atoms with Crippen LogP contribution in [0.3, 0.4) is 0 Å². The number of carbonyl (C=O) groups excluding carboxylic acids is 1. The summed E-state index contributed by atoms with van der Waals surface area (Å²) in [6.07, 6.45) is 2.53. The van der Waals surface area contributed by atoms with Crippen molar-refractivity contribution in [3.8, 4) is 0 Å². The van der Waals surface area contributed by atoms with Crippen molar-refractivity contribution in [2.75, 3.05) is 5.32 Å². The Balaban J connectivity index is 2.16. The van der Waals surface area contributed by atoms with Gasteiger partial charge in [0.05, 0.1) is 11.6 Å². The predicted octanol–water partition coefficient (Wildman–Crippen LogP) is 1.65. The summed E-state index contributed by atoms with van der Waals surface area (Å²) in [7, 11) is 0. The van der Waals surface area contributed by atoms with Crippen LogP contribution in [-0.2, 0) is 0 Å². The maximum absolute atomic E-state index is 12.6. The fraction of sp³-hybridized carbons (Fsp3) is 0.273. The van der Waals surface area contributed by atoms with E-state index >= 15 is 0 Å². The van der Waals surface area contributed by atoms with Crippen LogP contribution in [-0.4, -0.2) is 25.7 Å². The fourth-order valence-corrected chi connectivity index (χ4v) is 1.40. The molecule has 0 aliphatic rings. The molecule has 0 aliphatic heterocycles. The van der Waals surface area contributed by atoms with Crippen molar-refractivity contribution in [1.82, 2.24) is 19.7 Å². The Hall–Kier alpha value is -2.31. The zero-order valence-corrected chi connectivity index (χ0v) is 9.96. The highest BCUT2D eigenvalue weighted by atomic mass is 19.1. The first-order chi connectivity index (χ1) is 8.58. The van der Waals surface area contributed by atoms with Gasteiger partial charge in [-0.15, -0.1) is 0 Å². The average molecular weight is 249 g/mol. The molecule has 0 aromatic carbocycles. The SMILES string of the molecule is CC(C)n1ncnc1NC(=O)c1ccc(F)nc1. The summed E-state index contributed by atoms with van der Waals surface area (Å²) in [5.41, 5.74) is 0.259. The molecular weight excluding hydrogens is 237 g/mol. The number of aromatic nitrogens is 4. The Bertz CT molecular complexity index is 549. The van der Waals surface area contributed by atoms with Crippen LogP contribution in [0, 0.1) is 5.95 Å². The van der Waals surface area contributed by atoms with Gasteiger partial charge in [0.25, 0.3) is 5.91 Å². The summed E-state index contributed by atoms with van der Waals surface area (Å²) in [6, 6.07) is 2.56. The van der Waals surface area contributed by atoms with Gasteiger partial charge in [-0.2, -0.15) is 14.5 Å². The molecule has 18 heavy (non-hydrogen) atoms. The van der Waals surface area contributed by atoms with Crippen molar-refractivity contribution >= 4 is 11.9 Å². The first-order valence-corrected chi connectivity index (χ1v) is 5.40. The highest BCUT2D eigenvalue weighted by Crippen LogP contribution is 2.11. The minimum absolute atomic E-state index is 0.0779. The van der Waals surface area contributed by atoms with Gasteiger partial charge in [-0.3, -0.25) is 10.1 Å². The van der Waals surface area contributed by atoms with Crippen molar-refractivity contribution in [2.24, 2.45) is 0 Å². The lowest BCUT2D eigenvalue weighted by molar-refractivity contribution is 0.102. The molecule has 1 amide bonds. The minimum atomic E-state index is -0.628. The van der Waals surface area contributed by atoms with Gasteiger partial charge in [0.15, 0.2) is 0 Å². The molecule has 6 nitrogen and oxygen atoms in total. The van der Waals surface area contributed by atoms with E-state index < -0.39 is 11.9 Å². The maximum Gasteiger partial charge on any atom is 0.259 e. The molecule has 0 bridgehead atoms. The summed E-state index contributed by atoms with van der Waals surface area (Å²) in [6.45, 7) is 3.84. The molecule has 2 heterocycles. The number of pyridine rings is 1. The van der Waals surface area contributed by atoms with Crippen LogP contribution in [0.1, 0.15) is 30.2 Å². The molecule has 0 spiro atoms. The van der Waals surface area contributed by atoms with Gasteiger partial charge in [-0.1, -0.05) is 0 Å². The molecule has 0 fully saturated rings. The van der Waals surface area contributed by atoms with Crippen LogP contribution in [0.15, 0.2) is 24.7 Å². The van der Waals surface area contributed by atoms with Gasteiger partial charge < -0.3 is 0 Å². The van der Waals surface area contributed by atoms with Crippen molar-refractivity contribution in [1.29, 1.82) is 0 Å². The molecule has 0 unspecified atom stereocenters. The second-order valence-corrected chi connectivity index (χ2v) is 3.95. The van der Waals surface area contributed by atoms with Crippen LogP contribution in [0.4, 0.5) is 10.3 Å². The Labute approximate surface area is 103 Å². The van der Waals surface area contributed by atoms with Crippen LogP contribution in [0.25, 0.3) is 0 Å². The second-order valence-electron chi connectivity index (χ2n) is 3.95. The van der Waals surface area contributed by atoms with E-state index in [4.69, 9.17) is 0 Å². The van der Waals surface area contributed by atoms with Gasteiger partial charge in [0, 0.05) is 6.20 Å². The number of hydrogen-bond acceptors (Lipinski definition) is 4. The maximum atomic E-state index is 12.6. The summed E-state index contributed by atoms with van der Waals surface area (Å²) in [4.78, 5) is 19.2. The van der Waals surface area contributed by atoms with Gasteiger partial charge in [0.1, 0.15) is 6.33 Å². The molecule has 1 N–H and O–H groups in total. The summed E-state index contributed by atoms with van der Waals surface area (Å²) in [5, 5.41) is 6.59. The van der Waals surface area contributed by atoms with Gasteiger partial charge in [-0.25, -0.2) is 9.67 Å². The topological polar surface area (TPSA) is 72.7 Å². The molecule has 0 saturated heterocycles. The molecule has 2 aromatic heterocycles. The lowest BCUT2D eigenvalue weighted by Crippen LogP contribution is -2.17. The molecular formula is C11H12FN5O. The van der Waals surface area contributed by atoms with Crippen molar-refractivity contribution < 1.29 is 9.18 Å². The van der Waals surface area contributed by atoms with Gasteiger partial charge in [0.2, 0.25) is 11.9 Å². The molecule has 0 aliphatic carbocycles. The first-order valence-electron chi connectivity index (χ1n) is 5.40. The van der Waals surface area contributed by atoms with Crippen LogP contribution in [0.2, 0.25) is 0 Å². The van der Waals surface area contributed by atoms with Crippen LogP contribution < -0.4 is 5.32 Å². The van der Waals surface area contributed by atoms with Crippen molar-refractivity contribution in [3.05, 3.63) is 36.2 Å². The lowest BCUT2D eigenvalue weighted by Gasteiger charge is -2.09. The van der Waals surface area contributed by atoms with Crippen LogP contribution >= 0.6 is 0 Å². The average Bonchev–Trinajstić information content (AvgIpc) is 2.78. The predicted molar refractivity (Wildman–Crippen MR) is 62.6 cm³/mol. The molecule has 0 atom stereocenters. The highest BCUT2D eigenvalue weighted by Gasteiger charge is 2.12. The minimum Gasteiger partial charge on any atom is -0.291 e. The summed E-state index contributed by atoms with van der Waals surface area (Å²) >= 11 is 0. The van der Waals surface area contributed by atoms with Gasteiger partial charge >= 0.3 is 0 Å². The molecule has 0 radical (unpaired) electrons. The van der Waals surface area contributed by atoms with Crippen molar-refractivity contribution in [3.63, 3.8) is 0 Å². The van der Waals surface area contributed by atoms with E-state index in [9.17, 15) is 9.18 Å². The number of anilines is 1. The van der Waals surface area contributed by atoms with E-state index in [2.05, 4.69) is 20.4 Å². The first kappa shape index (κ1) is 12.2. The largest absolute Gasteiger partial charge is 0.291 e. The van der Waals surface area contributed by atoms with Crippen molar-refractivity contribution in [2.45, 2.75) is 19.9 Å². The number of hydrogen-bond donors (Lipinski definition) is 1. The summed E-state index contributed by atoms with van der Waals surface area (Å²) < 4.78 is 14.2. The molecule has 2 rings (SSSR count). The second kappa shape index (κ2) is 4.91. The van der Waals surface area contributed by atoms with Crippen LogP contribution in [0.5, 0.6) is 0 Å². The molecule has 94 valence electrons. The smallest absolute Gasteiger partial charge is 0.259 e. The number of halogens is 1. The van der Waals surface area contributed by atoms with E-state index in [0.29, 0.717) is 5.95 Å².